The molecule has 2 bridgehead atoms. The molecule has 1 amide bonds. The second-order valence-corrected chi connectivity index (χ2v) is 7.50. The molecular weight excluding hydrogens is 350 g/mol. The van der Waals surface area contributed by atoms with Crippen LogP contribution in [0.4, 0.5) is 0 Å². The van der Waals surface area contributed by atoms with Crippen LogP contribution in [0.15, 0.2) is 30.6 Å². The number of nitriles is 1. The highest BCUT2D eigenvalue weighted by Gasteiger charge is 2.42. The molecule has 2 fully saturated rings. The maximum Gasteiger partial charge on any atom is 0.253 e. The number of nitrogens with one attached hydrogen (secondary N) is 1. The van der Waals surface area contributed by atoms with Gasteiger partial charge in [0.05, 0.1) is 34.6 Å². The predicted octanol–water partition coefficient (Wildman–Crippen LogP) is 3.04. The van der Waals surface area contributed by atoms with Gasteiger partial charge in [0.25, 0.3) is 5.91 Å². The fourth-order valence-corrected chi connectivity index (χ4v) is 4.37. The lowest BCUT2D eigenvalue weighted by molar-refractivity contribution is 0.0882. The van der Waals surface area contributed by atoms with Crippen LogP contribution in [0.3, 0.4) is 0 Å². The molecule has 2 saturated heterocycles. The molecule has 2 aliphatic rings. The summed E-state index contributed by atoms with van der Waals surface area (Å²) in [7, 11) is 0. The van der Waals surface area contributed by atoms with Crippen molar-refractivity contribution in [3.63, 3.8) is 0 Å². The fourth-order valence-electron chi connectivity index (χ4n) is 4.11. The maximum atomic E-state index is 12.7. The average Bonchev–Trinajstić information content (AvgIpc) is 3.19. The van der Waals surface area contributed by atoms with Crippen LogP contribution in [0.2, 0.25) is 5.02 Å². The molecule has 6 nitrogen and oxygen atoms in total. The highest BCUT2D eigenvalue weighted by molar-refractivity contribution is 6.34. The van der Waals surface area contributed by atoms with Gasteiger partial charge in [0.2, 0.25) is 0 Å². The number of halogens is 1. The Balaban J connectivity index is 1.51. The van der Waals surface area contributed by atoms with Crippen molar-refractivity contribution in [3.8, 4) is 11.9 Å². The first-order valence-electron chi connectivity index (χ1n) is 8.87. The average molecular weight is 370 g/mol. The summed E-state index contributed by atoms with van der Waals surface area (Å²) in [6, 6.07) is 5.75. The van der Waals surface area contributed by atoms with Gasteiger partial charge in [-0.1, -0.05) is 11.6 Å². The zero-order chi connectivity index (χ0) is 18.3. The van der Waals surface area contributed by atoms with Crippen molar-refractivity contribution >= 4 is 17.5 Å². The number of fused-ring (bicyclic) bond motifs is 2. The summed E-state index contributed by atoms with van der Waals surface area (Å²) in [5.74, 6) is -0.188. The monoisotopic (exact) mass is 369 g/mol. The number of carbonyl (C=O) groups is 1. The van der Waals surface area contributed by atoms with Crippen molar-refractivity contribution in [1.29, 1.82) is 5.26 Å². The summed E-state index contributed by atoms with van der Waals surface area (Å²) in [6.45, 7) is 1.97. The third-order valence-electron chi connectivity index (χ3n) is 5.43. The quantitative estimate of drug-likeness (QED) is 0.844. The molecule has 1 aromatic heterocycles. The number of amides is 1. The largest absolute Gasteiger partial charge is 0.347 e. The van der Waals surface area contributed by atoms with Crippen molar-refractivity contribution in [2.75, 3.05) is 0 Å². The summed E-state index contributed by atoms with van der Waals surface area (Å²) in [6.07, 6.45) is 9.80. The molecule has 4 rings (SSSR count). The smallest absolute Gasteiger partial charge is 0.253 e. The molecule has 0 unspecified atom stereocenters. The molecule has 0 aliphatic carbocycles. The first kappa shape index (κ1) is 16.9. The summed E-state index contributed by atoms with van der Waals surface area (Å²) >= 11 is 6.37. The Labute approximate surface area is 157 Å². The van der Waals surface area contributed by atoms with Crippen molar-refractivity contribution in [2.24, 2.45) is 0 Å². The molecule has 0 saturated carbocycles. The molecule has 26 heavy (non-hydrogen) atoms. The van der Waals surface area contributed by atoms with Gasteiger partial charge in [-0.2, -0.15) is 10.4 Å². The van der Waals surface area contributed by atoms with Crippen molar-refractivity contribution < 1.29 is 4.79 Å². The number of hydrogen-bond donors (Lipinski definition) is 1. The van der Waals surface area contributed by atoms with E-state index in [0.717, 1.165) is 36.9 Å². The van der Waals surface area contributed by atoms with Gasteiger partial charge in [0.1, 0.15) is 0 Å². The molecule has 1 N–H and O–H groups in total. The molecule has 3 heterocycles. The lowest BCUT2D eigenvalue weighted by atomic mass is 9.97. The number of carbonyl (C=O) groups excluding carboxylic acids is 1. The SMILES string of the molecule is Cc1cnn(-c2ccc(C(=O)N[C@@H]3CC[C@H]4CC[C@@H]3N4C#N)c(Cl)c2)c1. The highest BCUT2D eigenvalue weighted by atomic mass is 35.5. The lowest BCUT2D eigenvalue weighted by Gasteiger charge is -2.36. The van der Waals surface area contributed by atoms with Gasteiger partial charge in [-0.25, -0.2) is 4.68 Å². The molecule has 2 aromatic rings. The predicted molar refractivity (Wildman–Crippen MR) is 98.1 cm³/mol. The topological polar surface area (TPSA) is 74.0 Å². The summed E-state index contributed by atoms with van der Waals surface area (Å²) in [5, 5.41) is 17.1. The maximum absolute atomic E-state index is 12.7. The van der Waals surface area contributed by atoms with E-state index in [-0.39, 0.29) is 18.0 Å². The minimum atomic E-state index is -0.188. The summed E-state index contributed by atoms with van der Waals surface area (Å²) < 4.78 is 1.73. The van der Waals surface area contributed by atoms with Crippen molar-refractivity contribution in [2.45, 2.75) is 50.7 Å². The number of nitrogens with zero attached hydrogens (tertiary/aromatic N) is 4. The van der Waals surface area contributed by atoms with Crippen LogP contribution in [-0.4, -0.2) is 38.7 Å². The van der Waals surface area contributed by atoms with Gasteiger partial charge in [-0.05, 0) is 56.4 Å². The Kier molecular flexibility index (Phi) is 4.33. The van der Waals surface area contributed by atoms with E-state index in [4.69, 9.17) is 11.6 Å². The molecule has 2 aliphatic heterocycles. The van der Waals surface area contributed by atoms with E-state index in [9.17, 15) is 10.1 Å². The first-order valence-corrected chi connectivity index (χ1v) is 9.25. The van der Waals surface area contributed by atoms with E-state index in [1.165, 1.54) is 0 Å². The molecule has 3 atom stereocenters. The second kappa shape index (κ2) is 6.65. The van der Waals surface area contributed by atoms with Gasteiger partial charge >= 0.3 is 0 Å². The summed E-state index contributed by atoms with van der Waals surface area (Å²) in [4.78, 5) is 14.6. The van der Waals surface area contributed by atoms with Crippen LogP contribution in [0.25, 0.3) is 5.69 Å². The van der Waals surface area contributed by atoms with E-state index in [1.807, 2.05) is 24.1 Å². The minimum absolute atomic E-state index is 0.00888. The Morgan fingerprint density at radius 3 is 2.85 bits per heavy atom. The van der Waals surface area contributed by atoms with Gasteiger partial charge in [0.15, 0.2) is 6.19 Å². The van der Waals surface area contributed by atoms with Crippen molar-refractivity contribution in [1.82, 2.24) is 20.0 Å². The molecular formula is C19H20ClN5O. The molecule has 7 heteroatoms. The number of piperidine rings is 1. The highest BCUT2D eigenvalue weighted by Crippen LogP contribution is 2.35. The van der Waals surface area contributed by atoms with Crippen LogP contribution < -0.4 is 5.32 Å². The normalized spacial score (nSPS) is 24.3. The zero-order valence-electron chi connectivity index (χ0n) is 14.5. The number of benzene rings is 1. The number of aromatic nitrogens is 2. The van der Waals surface area contributed by atoms with E-state index < -0.39 is 0 Å². The lowest BCUT2D eigenvalue weighted by Crippen LogP contribution is -2.52. The molecule has 0 spiro atoms. The first-order chi connectivity index (χ1) is 12.6. The van der Waals surface area contributed by atoms with Crippen LogP contribution in [0.5, 0.6) is 0 Å². The Morgan fingerprint density at radius 2 is 2.15 bits per heavy atom. The number of hydrogen-bond acceptors (Lipinski definition) is 4. The molecule has 0 radical (unpaired) electrons. The molecule has 1 aromatic carbocycles. The Bertz CT molecular complexity index is 886. The fraction of sp³-hybridized carbons (Fsp3) is 0.421. The van der Waals surface area contributed by atoms with Crippen LogP contribution in [0.1, 0.15) is 41.6 Å². The van der Waals surface area contributed by atoms with E-state index >= 15 is 0 Å². The Hall–Kier alpha value is -2.52. The molecule has 134 valence electrons. The van der Waals surface area contributed by atoms with Crippen molar-refractivity contribution in [3.05, 3.63) is 46.7 Å². The third kappa shape index (κ3) is 2.93. The van der Waals surface area contributed by atoms with E-state index in [0.29, 0.717) is 16.6 Å². The number of rotatable bonds is 3. The number of aryl methyl sites for hydroxylation is 1. The third-order valence-corrected chi connectivity index (χ3v) is 5.74. The Morgan fingerprint density at radius 1 is 1.35 bits per heavy atom. The van der Waals surface area contributed by atoms with Crippen LogP contribution in [-0.2, 0) is 0 Å². The standard InChI is InChI=1S/C19H20ClN5O/c1-12-9-22-25(10-12)14-2-5-15(16(20)8-14)19(26)23-17-6-3-13-4-7-18(17)24(13)11-21/h2,5,8-10,13,17-18H,3-4,6-7H2,1H3,(H,23,26)/t13-,17+,18-/m0/s1. The van der Waals surface area contributed by atoms with Crippen LogP contribution in [0, 0.1) is 18.4 Å². The summed E-state index contributed by atoms with van der Waals surface area (Å²) in [5.41, 5.74) is 2.31. The van der Waals surface area contributed by atoms with E-state index in [2.05, 4.69) is 16.6 Å². The van der Waals surface area contributed by atoms with Crippen LogP contribution >= 0.6 is 11.6 Å². The zero-order valence-corrected chi connectivity index (χ0v) is 15.3. The van der Waals surface area contributed by atoms with Gasteiger partial charge in [-0.3, -0.25) is 4.79 Å². The van der Waals surface area contributed by atoms with Gasteiger partial charge < -0.3 is 10.2 Å². The van der Waals surface area contributed by atoms with E-state index in [1.54, 1.807) is 23.0 Å². The van der Waals surface area contributed by atoms with Gasteiger partial charge in [0, 0.05) is 12.2 Å². The second-order valence-electron chi connectivity index (χ2n) is 7.09. The van der Waals surface area contributed by atoms with Gasteiger partial charge in [-0.15, -0.1) is 0 Å². The minimum Gasteiger partial charge on any atom is -0.347 e.